The van der Waals surface area contributed by atoms with E-state index in [1.165, 1.54) is 28.2 Å². The van der Waals surface area contributed by atoms with Gasteiger partial charge in [-0.15, -0.1) is 0 Å². The Labute approximate surface area is 92.3 Å². The van der Waals surface area contributed by atoms with Gasteiger partial charge in [-0.3, -0.25) is 0 Å². The largest absolute Gasteiger partial charge is 1.00 e. The molecule has 0 aliphatic carbocycles. The molecule has 13 heavy (non-hydrogen) atoms. The molecule has 0 saturated heterocycles. The van der Waals surface area contributed by atoms with Crippen molar-refractivity contribution in [2.75, 3.05) is 28.2 Å². The first-order valence-electron chi connectivity index (χ1n) is 2.68. The molecule has 0 aromatic rings. The Morgan fingerprint density at radius 3 is 0.615 bits per heavy atom. The topological polar surface area (TPSA) is 17.4 Å². The van der Waals surface area contributed by atoms with Crippen molar-refractivity contribution in [2.45, 2.75) is 0 Å². The van der Waals surface area contributed by atoms with E-state index in [0.29, 0.717) is 0 Å². The molecule has 0 rings (SSSR count). The summed E-state index contributed by atoms with van der Waals surface area (Å²) >= 11 is 0. The second-order valence-corrected chi connectivity index (χ2v) is 0.894. The quantitative estimate of drug-likeness (QED) is 0.443. The Kier molecular flexibility index (Phi) is 359. The standard InChI is InChI=1S/4C2H3N.Ni/c4*1-3-2;/h4*1H3;/p+1. The van der Waals surface area contributed by atoms with Crippen molar-refractivity contribution in [3.8, 4) is 0 Å². The summed E-state index contributed by atoms with van der Waals surface area (Å²) in [5.74, 6) is 0. The van der Waals surface area contributed by atoms with Crippen LogP contribution in [0.1, 0.15) is 1.43 Å². The molecule has 0 spiro atoms. The van der Waals surface area contributed by atoms with Gasteiger partial charge in [-0.2, -0.15) is 0 Å². The summed E-state index contributed by atoms with van der Waals surface area (Å²) in [5.41, 5.74) is 0. The SMILES string of the molecule is [C-]#[N+]C.[C-]#[N+]C.[C-]#[N+]C.[C-]#[N+]C.[H+].[Ni]. The van der Waals surface area contributed by atoms with Gasteiger partial charge in [0.2, 0.25) is 28.2 Å². The fourth-order valence-corrected chi connectivity index (χ4v) is 0. The Morgan fingerprint density at radius 1 is 0.615 bits per heavy atom. The van der Waals surface area contributed by atoms with E-state index >= 15 is 0 Å². The van der Waals surface area contributed by atoms with Crippen LogP contribution in [0, 0.1) is 26.3 Å². The van der Waals surface area contributed by atoms with Crippen LogP contribution in [-0.2, 0) is 16.5 Å². The maximum absolute atomic E-state index is 5.83. The predicted molar refractivity (Wildman–Crippen MR) is 51.2 cm³/mol. The van der Waals surface area contributed by atoms with Crippen molar-refractivity contribution < 1.29 is 17.9 Å². The van der Waals surface area contributed by atoms with E-state index in [2.05, 4.69) is 19.4 Å². The molecular weight excluding hydrogens is 211 g/mol. The molecule has 0 aromatic heterocycles. The summed E-state index contributed by atoms with van der Waals surface area (Å²) in [7, 11) is 5.67. The molecule has 0 N–H and O–H groups in total. The third-order valence-corrected chi connectivity index (χ3v) is 0. The molecule has 74 valence electrons. The molecule has 0 heterocycles. The van der Waals surface area contributed by atoms with Gasteiger partial charge >= 0.3 is 1.43 Å². The molecule has 0 saturated carbocycles. The molecule has 4 nitrogen and oxygen atoms in total. The molecule has 0 amide bonds. The van der Waals surface area contributed by atoms with Crippen LogP contribution in [0.25, 0.3) is 19.4 Å². The van der Waals surface area contributed by atoms with Crippen LogP contribution in [0.5, 0.6) is 0 Å². The maximum atomic E-state index is 5.83. The normalized spacial score (nSPS) is 2.46. The molecule has 0 aliphatic heterocycles. The predicted octanol–water partition coefficient (Wildman–Crippen LogP) is 2.25. The van der Waals surface area contributed by atoms with Gasteiger partial charge in [0, 0.05) is 16.5 Å². The number of hydrogen-bond donors (Lipinski definition) is 0. The zero-order chi connectivity index (χ0) is 10.8. The molecule has 0 radical (unpaired) electrons. The first kappa shape index (κ1) is 30.1. The van der Waals surface area contributed by atoms with Gasteiger partial charge in [-0.25, -0.2) is 26.3 Å². The molecule has 5 heteroatoms. The van der Waals surface area contributed by atoms with Crippen LogP contribution >= 0.6 is 0 Å². The molecule has 0 bridgehead atoms. The van der Waals surface area contributed by atoms with Crippen LogP contribution in [0.4, 0.5) is 0 Å². The molecule has 0 fully saturated rings. The molecule has 0 aliphatic rings. The van der Waals surface area contributed by atoms with Crippen LogP contribution < -0.4 is 0 Å². The summed E-state index contributed by atoms with van der Waals surface area (Å²) < 4.78 is 0. The Balaban J connectivity index is -0.0000000145. The van der Waals surface area contributed by atoms with E-state index in [0.717, 1.165) is 0 Å². The monoisotopic (exact) mass is 223 g/mol. The minimum absolute atomic E-state index is 0. The summed E-state index contributed by atoms with van der Waals surface area (Å²) in [6.45, 7) is 23.3. The zero-order valence-corrected chi connectivity index (χ0v) is 9.09. The second kappa shape index (κ2) is 155. The molecule has 0 aromatic carbocycles. The van der Waals surface area contributed by atoms with E-state index in [-0.39, 0.29) is 17.9 Å². The van der Waals surface area contributed by atoms with E-state index in [1.807, 2.05) is 0 Å². The summed E-state index contributed by atoms with van der Waals surface area (Å²) in [5, 5.41) is 0. The van der Waals surface area contributed by atoms with Crippen LogP contribution in [-0.4, -0.2) is 28.2 Å². The first-order chi connectivity index (χ1) is 5.66. The summed E-state index contributed by atoms with van der Waals surface area (Å²) in [4.78, 5) is 11.0. The van der Waals surface area contributed by atoms with Gasteiger partial charge in [-0.05, 0) is 0 Å². The van der Waals surface area contributed by atoms with Crippen LogP contribution in [0.15, 0.2) is 0 Å². The fourth-order valence-electron chi connectivity index (χ4n) is 0. The van der Waals surface area contributed by atoms with E-state index in [1.54, 1.807) is 0 Å². The van der Waals surface area contributed by atoms with Gasteiger partial charge in [-0.1, -0.05) is 0 Å². The second-order valence-electron chi connectivity index (χ2n) is 0.894. The third-order valence-electron chi connectivity index (χ3n) is 0. The average molecular weight is 224 g/mol. The van der Waals surface area contributed by atoms with E-state index < -0.39 is 0 Å². The third kappa shape index (κ3) is 312. The Hall–Kier alpha value is -1.55. The minimum atomic E-state index is 0. The van der Waals surface area contributed by atoms with Crippen molar-refractivity contribution >= 4 is 0 Å². The Morgan fingerprint density at radius 2 is 0.615 bits per heavy atom. The molecule has 0 atom stereocenters. The van der Waals surface area contributed by atoms with Gasteiger partial charge in [0.25, 0.3) is 0 Å². The van der Waals surface area contributed by atoms with E-state index in [9.17, 15) is 0 Å². The average Bonchev–Trinajstić information content (AvgIpc) is 1.92. The first-order valence-corrected chi connectivity index (χ1v) is 2.68. The number of hydrogen-bond acceptors (Lipinski definition) is 0. The summed E-state index contributed by atoms with van der Waals surface area (Å²) in [6.07, 6.45) is 0. The van der Waals surface area contributed by atoms with Crippen molar-refractivity contribution in [1.29, 1.82) is 0 Å². The van der Waals surface area contributed by atoms with Gasteiger partial charge in [0.15, 0.2) is 0 Å². The van der Waals surface area contributed by atoms with Gasteiger partial charge < -0.3 is 19.4 Å². The minimum Gasteiger partial charge on any atom is -0.320 e. The molecule has 0 unspecified atom stereocenters. The maximum Gasteiger partial charge on any atom is 1.00 e. The van der Waals surface area contributed by atoms with Gasteiger partial charge in [0.1, 0.15) is 0 Å². The van der Waals surface area contributed by atoms with Crippen LogP contribution in [0.2, 0.25) is 0 Å². The molecular formula is C8H13N4Ni+. The van der Waals surface area contributed by atoms with Crippen molar-refractivity contribution in [1.82, 2.24) is 0 Å². The van der Waals surface area contributed by atoms with Crippen molar-refractivity contribution in [3.05, 3.63) is 45.7 Å². The van der Waals surface area contributed by atoms with Crippen molar-refractivity contribution in [3.63, 3.8) is 0 Å². The number of rotatable bonds is 0. The van der Waals surface area contributed by atoms with E-state index in [4.69, 9.17) is 26.3 Å². The Bertz CT molecular complexity index is 155. The van der Waals surface area contributed by atoms with Crippen LogP contribution in [0.3, 0.4) is 0 Å². The number of nitrogens with zero attached hydrogens (tertiary/aromatic N) is 4. The van der Waals surface area contributed by atoms with Crippen molar-refractivity contribution in [2.24, 2.45) is 0 Å². The zero-order valence-electron chi connectivity index (χ0n) is 9.11. The summed E-state index contributed by atoms with van der Waals surface area (Å²) in [6, 6.07) is 0. The van der Waals surface area contributed by atoms with Gasteiger partial charge in [0.05, 0.1) is 0 Å². The fraction of sp³-hybridized carbons (Fsp3) is 0.500. The smallest absolute Gasteiger partial charge is 0.320 e.